The van der Waals surface area contributed by atoms with Crippen LogP contribution in [0.2, 0.25) is 0 Å². The first-order chi connectivity index (χ1) is 9.33. The van der Waals surface area contributed by atoms with Crippen molar-refractivity contribution in [2.45, 2.75) is 6.54 Å². The fourth-order valence-electron chi connectivity index (χ4n) is 2.07. The molecule has 0 saturated carbocycles. The lowest BCUT2D eigenvalue weighted by Gasteiger charge is -2.05. The summed E-state index contributed by atoms with van der Waals surface area (Å²) >= 11 is 0. The molecule has 3 aromatic rings. The monoisotopic (exact) mass is 250 g/mol. The van der Waals surface area contributed by atoms with E-state index in [0.717, 1.165) is 16.5 Å². The number of carbonyl (C=O) groups is 1. The molecule has 2 N–H and O–H groups in total. The van der Waals surface area contributed by atoms with Crippen LogP contribution in [0.15, 0.2) is 60.8 Å². The lowest BCUT2D eigenvalue weighted by molar-refractivity contribution is 0.0951. The molecule has 3 rings (SSSR count). The fraction of sp³-hybridized carbons (Fsp3) is 0.0625. The molecule has 0 atom stereocenters. The molecule has 3 heteroatoms. The van der Waals surface area contributed by atoms with Crippen LogP contribution >= 0.6 is 0 Å². The topological polar surface area (TPSA) is 44.9 Å². The van der Waals surface area contributed by atoms with E-state index in [1.54, 1.807) is 0 Å². The maximum absolute atomic E-state index is 12.1. The second-order valence-electron chi connectivity index (χ2n) is 4.45. The van der Waals surface area contributed by atoms with Crippen LogP contribution < -0.4 is 5.32 Å². The summed E-state index contributed by atoms with van der Waals surface area (Å²) in [6.45, 7) is 0.544. The molecule has 3 nitrogen and oxygen atoms in total. The van der Waals surface area contributed by atoms with E-state index in [1.807, 2.05) is 60.8 Å². The van der Waals surface area contributed by atoms with Gasteiger partial charge in [-0.2, -0.15) is 0 Å². The van der Waals surface area contributed by atoms with Gasteiger partial charge in [-0.3, -0.25) is 4.79 Å². The Bertz CT molecular complexity index is 701. The highest BCUT2D eigenvalue weighted by Gasteiger charge is 2.06. The zero-order chi connectivity index (χ0) is 13.1. The molecule has 0 aliphatic carbocycles. The fourth-order valence-corrected chi connectivity index (χ4v) is 2.07. The number of aromatic amines is 1. The quantitative estimate of drug-likeness (QED) is 0.737. The molecule has 0 bridgehead atoms. The number of nitrogens with one attached hydrogen (secondary N) is 2. The van der Waals surface area contributed by atoms with Gasteiger partial charge in [-0.25, -0.2) is 0 Å². The lowest BCUT2D eigenvalue weighted by Crippen LogP contribution is -2.22. The van der Waals surface area contributed by atoms with Crippen molar-refractivity contribution >= 4 is 16.8 Å². The van der Waals surface area contributed by atoms with Gasteiger partial charge < -0.3 is 10.3 Å². The normalized spacial score (nSPS) is 10.5. The largest absolute Gasteiger partial charge is 0.361 e. The smallest absolute Gasteiger partial charge is 0.251 e. The average molecular weight is 250 g/mol. The number of amides is 1. The van der Waals surface area contributed by atoms with Crippen molar-refractivity contribution in [2.75, 3.05) is 0 Å². The average Bonchev–Trinajstić information content (AvgIpc) is 2.93. The Balaban J connectivity index is 1.73. The molecule has 19 heavy (non-hydrogen) atoms. The van der Waals surface area contributed by atoms with E-state index in [0.29, 0.717) is 12.1 Å². The van der Waals surface area contributed by atoms with Gasteiger partial charge in [-0.15, -0.1) is 0 Å². The van der Waals surface area contributed by atoms with Crippen LogP contribution in [-0.2, 0) is 6.54 Å². The maximum atomic E-state index is 12.1. The third-order valence-electron chi connectivity index (χ3n) is 3.11. The Morgan fingerprint density at radius 3 is 2.74 bits per heavy atom. The Morgan fingerprint density at radius 1 is 1.05 bits per heavy atom. The van der Waals surface area contributed by atoms with Crippen LogP contribution in [0.3, 0.4) is 0 Å². The zero-order valence-electron chi connectivity index (χ0n) is 10.4. The number of hydrogen-bond acceptors (Lipinski definition) is 1. The first-order valence-corrected chi connectivity index (χ1v) is 6.22. The predicted molar refractivity (Wildman–Crippen MR) is 75.9 cm³/mol. The molecule has 0 aliphatic heterocycles. The van der Waals surface area contributed by atoms with Crippen molar-refractivity contribution in [3.8, 4) is 0 Å². The molecular formula is C16H14N2O. The SMILES string of the molecule is O=C(NCc1ccccc1)c1ccc2cc[nH]c2c1. The van der Waals surface area contributed by atoms with Gasteiger partial charge in [0.2, 0.25) is 0 Å². The van der Waals surface area contributed by atoms with Crippen molar-refractivity contribution in [1.82, 2.24) is 10.3 Å². The Kier molecular flexibility index (Phi) is 3.02. The predicted octanol–water partition coefficient (Wildman–Crippen LogP) is 3.10. The number of fused-ring (bicyclic) bond motifs is 1. The van der Waals surface area contributed by atoms with Crippen LogP contribution in [0, 0.1) is 0 Å². The lowest BCUT2D eigenvalue weighted by atomic mass is 10.1. The summed E-state index contributed by atoms with van der Waals surface area (Å²) in [4.78, 5) is 15.2. The minimum atomic E-state index is -0.0552. The summed E-state index contributed by atoms with van der Waals surface area (Å²) in [5.74, 6) is -0.0552. The second kappa shape index (κ2) is 4.98. The van der Waals surface area contributed by atoms with Crippen molar-refractivity contribution in [2.24, 2.45) is 0 Å². The number of H-pyrrole nitrogens is 1. The Labute approximate surface area is 111 Å². The highest BCUT2D eigenvalue weighted by atomic mass is 16.1. The number of aromatic nitrogens is 1. The molecule has 0 unspecified atom stereocenters. The van der Waals surface area contributed by atoms with Gasteiger partial charge in [0.05, 0.1) is 0 Å². The van der Waals surface area contributed by atoms with E-state index >= 15 is 0 Å². The first kappa shape index (κ1) is 11.5. The molecule has 1 heterocycles. The standard InChI is InChI=1S/C16H14N2O/c19-16(18-11-12-4-2-1-3-5-12)14-7-6-13-8-9-17-15(13)10-14/h1-10,17H,11H2,(H,18,19). The van der Waals surface area contributed by atoms with E-state index in [1.165, 1.54) is 0 Å². The molecule has 0 radical (unpaired) electrons. The highest BCUT2D eigenvalue weighted by molar-refractivity contribution is 5.97. The van der Waals surface area contributed by atoms with Crippen LogP contribution in [-0.4, -0.2) is 10.9 Å². The summed E-state index contributed by atoms with van der Waals surface area (Å²) in [5.41, 5.74) is 2.75. The van der Waals surface area contributed by atoms with Gasteiger partial charge in [0.15, 0.2) is 0 Å². The van der Waals surface area contributed by atoms with E-state index in [2.05, 4.69) is 10.3 Å². The third kappa shape index (κ3) is 2.50. The number of rotatable bonds is 3. The Hall–Kier alpha value is -2.55. The van der Waals surface area contributed by atoms with E-state index in [9.17, 15) is 4.79 Å². The van der Waals surface area contributed by atoms with Gasteiger partial charge in [-0.05, 0) is 29.1 Å². The molecule has 0 saturated heterocycles. The van der Waals surface area contributed by atoms with Gasteiger partial charge in [-0.1, -0.05) is 36.4 Å². The van der Waals surface area contributed by atoms with Crippen LogP contribution in [0.5, 0.6) is 0 Å². The molecule has 2 aromatic carbocycles. The van der Waals surface area contributed by atoms with E-state index < -0.39 is 0 Å². The first-order valence-electron chi connectivity index (χ1n) is 6.22. The molecule has 0 aliphatic rings. The third-order valence-corrected chi connectivity index (χ3v) is 3.11. The summed E-state index contributed by atoms with van der Waals surface area (Å²) < 4.78 is 0. The summed E-state index contributed by atoms with van der Waals surface area (Å²) in [7, 11) is 0. The minimum absolute atomic E-state index is 0.0552. The molecule has 0 spiro atoms. The van der Waals surface area contributed by atoms with Crippen molar-refractivity contribution in [3.05, 3.63) is 71.9 Å². The Morgan fingerprint density at radius 2 is 1.89 bits per heavy atom. The summed E-state index contributed by atoms with van der Waals surface area (Å²) in [5, 5.41) is 4.03. The van der Waals surface area contributed by atoms with Gasteiger partial charge >= 0.3 is 0 Å². The van der Waals surface area contributed by atoms with Gasteiger partial charge in [0, 0.05) is 23.8 Å². The number of hydrogen-bond donors (Lipinski definition) is 2. The molecule has 94 valence electrons. The molecule has 1 amide bonds. The van der Waals surface area contributed by atoms with Gasteiger partial charge in [0.1, 0.15) is 0 Å². The van der Waals surface area contributed by atoms with Crippen molar-refractivity contribution in [1.29, 1.82) is 0 Å². The molecule has 0 fully saturated rings. The number of carbonyl (C=O) groups excluding carboxylic acids is 1. The minimum Gasteiger partial charge on any atom is -0.361 e. The molecular weight excluding hydrogens is 236 g/mol. The summed E-state index contributed by atoms with van der Waals surface area (Å²) in [6, 6.07) is 17.5. The van der Waals surface area contributed by atoms with Crippen LogP contribution in [0.25, 0.3) is 10.9 Å². The molecule has 1 aromatic heterocycles. The summed E-state index contributed by atoms with van der Waals surface area (Å²) in [6.07, 6.45) is 1.87. The van der Waals surface area contributed by atoms with Gasteiger partial charge in [0.25, 0.3) is 5.91 Å². The van der Waals surface area contributed by atoms with Crippen molar-refractivity contribution in [3.63, 3.8) is 0 Å². The van der Waals surface area contributed by atoms with E-state index in [4.69, 9.17) is 0 Å². The highest BCUT2D eigenvalue weighted by Crippen LogP contribution is 2.14. The second-order valence-corrected chi connectivity index (χ2v) is 4.45. The van der Waals surface area contributed by atoms with Crippen molar-refractivity contribution < 1.29 is 4.79 Å². The zero-order valence-corrected chi connectivity index (χ0v) is 10.4. The maximum Gasteiger partial charge on any atom is 0.251 e. The van der Waals surface area contributed by atoms with E-state index in [-0.39, 0.29) is 5.91 Å². The number of benzene rings is 2. The van der Waals surface area contributed by atoms with Crippen LogP contribution in [0.1, 0.15) is 15.9 Å². The van der Waals surface area contributed by atoms with Crippen LogP contribution in [0.4, 0.5) is 0 Å².